The number of pyridine rings is 1. The van der Waals surface area contributed by atoms with Gasteiger partial charge in [-0.15, -0.1) is 11.8 Å². The molecule has 2 aromatic carbocycles. The number of amides is 1. The van der Waals surface area contributed by atoms with Gasteiger partial charge in [-0.1, -0.05) is 62.7 Å². The highest BCUT2D eigenvalue weighted by molar-refractivity contribution is 8.00. The molecule has 0 fully saturated rings. The third kappa shape index (κ3) is 6.70. The fraction of sp³-hybridized carbons (Fsp3) is 0.382. The number of carboxylic acids is 1. The zero-order chi connectivity index (χ0) is 31.1. The van der Waals surface area contributed by atoms with Crippen LogP contribution in [0.4, 0.5) is 5.69 Å². The van der Waals surface area contributed by atoms with Gasteiger partial charge < -0.3 is 19.3 Å². The Morgan fingerprint density at radius 1 is 1.09 bits per heavy atom. The number of anilines is 1. The maximum Gasteiger partial charge on any atom is 0.309 e. The van der Waals surface area contributed by atoms with Crippen LogP contribution in [0, 0.1) is 5.41 Å². The van der Waals surface area contributed by atoms with Crippen molar-refractivity contribution < 1.29 is 19.4 Å². The summed E-state index contributed by atoms with van der Waals surface area (Å²) in [5, 5.41) is 11.6. The minimum absolute atomic E-state index is 0.0130. The molecule has 7 nitrogen and oxygen atoms in total. The SMILES string of the molecule is CC(=O)N1c2ccccc2CC1COc1cnc2c(c1)c(SC(C)(C)C)c(CC(C)(C)C(=O)O)n2Cc1ccc(Cl)cc1. The number of hydrogen-bond acceptors (Lipinski definition) is 5. The van der Waals surface area contributed by atoms with Crippen LogP contribution in [-0.4, -0.2) is 43.9 Å². The molecule has 2 aromatic heterocycles. The van der Waals surface area contributed by atoms with Gasteiger partial charge in [0.2, 0.25) is 5.91 Å². The summed E-state index contributed by atoms with van der Waals surface area (Å²) in [4.78, 5) is 32.5. The van der Waals surface area contributed by atoms with Gasteiger partial charge in [0.15, 0.2) is 0 Å². The Kier molecular flexibility index (Phi) is 8.56. The van der Waals surface area contributed by atoms with Crippen LogP contribution in [0.25, 0.3) is 11.0 Å². The van der Waals surface area contributed by atoms with Crippen molar-refractivity contribution in [3.8, 4) is 5.75 Å². The van der Waals surface area contributed by atoms with Crippen LogP contribution in [0.2, 0.25) is 5.02 Å². The summed E-state index contributed by atoms with van der Waals surface area (Å²) in [6.45, 7) is 12.4. The average Bonchev–Trinajstić information content (AvgIpc) is 3.43. The van der Waals surface area contributed by atoms with Gasteiger partial charge in [-0.25, -0.2) is 4.98 Å². The second-order valence-electron chi connectivity index (χ2n) is 12.8. The van der Waals surface area contributed by atoms with E-state index in [1.54, 1.807) is 38.7 Å². The third-order valence-electron chi connectivity index (χ3n) is 7.63. The minimum Gasteiger partial charge on any atom is -0.490 e. The monoisotopic (exact) mass is 619 g/mol. The van der Waals surface area contributed by atoms with Crippen LogP contribution in [0.15, 0.2) is 65.7 Å². The summed E-state index contributed by atoms with van der Waals surface area (Å²) in [5.41, 5.74) is 3.81. The standard InChI is InChI=1S/C34H38ClN3O4S/c1-21(39)38-25(15-23-9-7-8-10-28(23)38)20-42-26-16-27-30(43-33(2,3)4)29(17-34(5,6)32(40)41)37(31(27)36-18-26)19-22-11-13-24(35)14-12-22/h7-14,16,18,25H,15,17,19-20H2,1-6H3,(H,40,41). The highest BCUT2D eigenvalue weighted by Gasteiger charge is 2.34. The van der Waals surface area contributed by atoms with E-state index in [0.29, 0.717) is 30.3 Å². The summed E-state index contributed by atoms with van der Waals surface area (Å²) >= 11 is 7.87. The number of para-hydroxylation sites is 1. The number of carboxylic acid groups (broad SMARTS) is 1. The van der Waals surface area contributed by atoms with Crippen LogP contribution in [0.5, 0.6) is 5.75 Å². The van der Waals surface area contributed by atoms with Crippen molar-refractivity contribution in [2.24, 2.45) is 5.41 Å². The molecule has 0 bridgehead atoms. The molecule has 1 amide bonds. The molecular formula is C34H38ClN3O4S. The van der Waals surface area contributed by atoms with Crippen LogP contribution in [-0.2, 0) is 29.0 Å². The maximum absolute atomic E-state index is 12.6. The Bertz CT molecular complexity index is 1670. The third-order valence-corrected chi connectivity index (χ3v) is 9.16. The first-order chi connectivity index (χ1) is 20.2. The number of rotatable bonds is 9. The molecule has 226 valence electrons. The van der Waals surface area contributed by atoms with E-state index in [2.05, 4.69) is 31.4 Å². The number of halogens is 1. The Morgan fingerprint density at radius 2 is 1.79 bits per heavy atom. The number of aromatic nitrogens is 2. The lowest BCUT2D eigenvalue weighted by molar-refractivity contribution is -0.146. The molecule has 1 atom stereocenters. The van der Waals surface area contributed by atoms with Crippen molar-refractivity contribution >= 4 is 52.0 Å². The molecule has 1 aliphatic heterocycles. The maximum atomic E-state index is 12.6. The van der Waals surface area contributed by atoms with Gasteiger partial charge in [-0.2, -0.15) is 0 Å². The summed E-state index contributed by atoms with van der Waals surface area (Å²) < 4.78 is 8.32. The number of carbonyl (C=O) groups is 2. The lowest BCUT2D eigenvalue weighted by Crippen LogP contribution is -2.40. The molecule has 0 aliphatic carbocycles. The van der Waals surface area contributed by atoms with E-state index in [0.717, 1.165) is 44.9 Å². The van der Waals surface area contributed by atoms with E-state index >= 15 is 0 Å². The lowest BCUT2D eigenvalue weighted by Gasteiger charge is -2.24. The minimum atomic E-state index is -0.994. The molecule has 5 rings (SSSR count). The Morgan fingerprint density at radius 3 is 2.44 bits per heavy atom. The molecule has 0 spiro atoms. The molecule has 0 radical (unpaired) electrons. The van der Waals surface area contributed by atoms with Crippen molar-refractivity contribution in [2.75, 3.05) is 11.5 Å². The summed E-state index contributed by atoms with van der Waals surface area (Å²) in [7, 11) is 0. The predicted octanol–water partition coefficient (Wildman–Crippen LogP) is 7.64. The van der Waals surface area contributed by atoms with Gasteiger partial charge in [0.05, 0.1) is 17.7 Å². The molecule has 3 heterocycles. The molecule has 43 heavy (non-hydrogen) atoms. The molecular weight excluding hydrogens is 582 g/mol. The topological polar surface area (TPSA) is 84.7 Å². The van der Waals surface area contributed by atoms with Gasteiger partial charge in [0.1, 0.15) is 18.0 Å². The number of fused-ring (bicyclic) bond motifs is 2. The number of hydrogen-bond donors (Lipinski definition) is 1. The average molecular weight is 620 g/mol. The van der Waals surface area contributed by atoms with Crippen molar-refractivity contribution in [2.45, 2.75) is 76.6 Å². The molecule has 0 saturated heterocycles. The normalized spacial score (nSPS) is 15.1. The zero-order valence-electron chi connectivity index (χ0n) is 25.5. The summed E-state index contributed by atoms with van der Waals surface area (Å²) in [5.74, 6) is -0.261. The molecule has 1 N–H and O–H groups in total. The van der Waals surface area contributed by atoms with E-state index in [1.807, 2.05) is 53.4 Å². The van der Waals surface area contributed by atoms with Crippen molar-refractivity contribution in [1.82, 2.24) is 9.55 Å². The molecule has 1 aliphatic rings. The molecule has 0 saturated carbocycles. The smallest absolute Gasteiger partial charge is 0.309 e. The van der Waals surface area contributed by atoms with Crippen molar-refractivity contribution in [3.63, 3.8) is 0 Å². The lowest BCUT2D eigenvalue weighted by atomic mass is 9.88. The van der Waals surface area contributed by atoms with Gasteiger partial charge >= 0.3 is 5.97 Å². The van der Waals surface area contributed by atoms with E-state index in [9.17, 15) is 14.7 Å². The van der Waals surface area contributed by atoms with Crippen LogP contribution >= 0.6 is 23.4 Å². The Labute approximate surface area is 262 Å². The Balaban J connectivity index is 1.56. The fourth-order valence-corrected chi connectivity index (χ4v) is 6.85. The van der Waals surface area contributed by atoms with Gasteiger partial charge in [-0.05, 0) is 55.7 Å². The fourth-order valence-electron chi connectivity index (χ4n) is 5.55. The first kappa shape index (κ1) is 31.0. The summed E-state index contributed by atoms with van der Waals surface area (Å²) in [6, 6.07) is 17.5. The van der Waals surface area contributed by atoms with E-state index in [-0.39, 0.29) is 16.7 Å². The quantitative estimate of drug-likeness (QED) is 0.194. The summed E-state index contributed by atoms with van der Waals surface area (Å²) in [6.07, 6.45) is 2.77. The second-order valence-corrected chi connectivity index (χ2v) is 15.1. The van der Waals surface area contributed by atoms with E-state index < -0.39 is 11.4 Å². The highest BCUT2D eigenvalue weighted by atomic mass is 35.5. The van der Waals surface area contributed by atoms with E-state index in [4.69, 9.17) is 21.3 Å². The first-order valence-electron chi connectivity index (χ1n) is 14.4. The number of aliphatic carboxylic acids is 1. The van der Waals surface area contributed by atoms with Crippen LogP contribution in [0.1, 0.15) is 58.4 Å². The van der Waals surface area contributed by atoms with Crippen LogP contribution in [0.3, 0.4) is 0 Å². The zero-order valence-corrected chi connectivity index (χ0v) is 27.1. The largest absolute Gasteiger partial charge is 0.490 e. The predicted molar refractivity (Wildman–Crippen MR) is 174 cm³/mol. The number of benzene rings is 2. The number of thioether (sulfide) groups is 1. The van der Waals surface area contributed by atoms with Gasteiger partial charge in [0, 0.05) is 51.3 Å². The van der Waals surface area contributed by atoms with Gasteiger partial charge in [-0.3, -0.25) is 9.59 Å². The first-order valence-corrected chi connectivity index (χ1v) is 15.6. The highest BCUT2D eigenvalue weighted by Crippen LogP contribution is 2.44. The number of nitrogens with zero attached hydrogens (tertiary/aromatic N) is 3. The molecule has 4 aromatic rings. The van der Waals surface area contributed by atoms with Gasteiger partial charge in [0.25, 0.3) is 0 Å². The second kappa shape index (κ2) is 11.9. The van der Waals surface area contributed by atoms with E-state index in [1.165, 1.54) is 0 Å². The number of ether oxygens (including phenoxy) is 1. The van der Waals surface area contributed by atoms with Crippen molar-refractivity contribution in [1.29, 1.82) is 0 Å². The molecule has 1 unspecified atom stereocenters. The van der Waals surface area contributed by atoms with Crippen LogP contribution < -0.4 is 9.64 Å². The Hall–Kier alpha value is -3.49. The number of carbonyl (C=O) groups excluding carboxylic acids is 1. The van der Waals surface area contributed by atoms with Crippen molar-refractivity contribution in [3.05, 3.63) is 82.6 Å². The molecule has 9 heteroatoms.